The first-order valence-electron chi connectivity index (χ1n) is 25.7. The Bertz CT molecular complexity index is 3930. The fourth-order valence-corrected chi connectivity index (χ4v) is 14.2. The molecule has 3 aliphatic rings. The minimum Gasteiger partial charge on any atom is -0.457 e. The van der Waals surface area contributed by atoms with Gasteiger partial charge in [0, 0.05) is 37.9 Å². The molecule has 0 bridgehead atoms. The Hall–Kier alpha value is -7.98. The molecule has 0 saturated carbocycles. The summed E-state index contributed by atoms with van der Waals surface area (Å²) in [6, 6.07) is 84.8. The van der Waals surface area contributed by atoms with Gasteiger partial charge in [-0.05, 0) is 127 Å². The lowest BCUT2D eigenvalue weighted by atomic mass is 9.64. The Morgan fingerprint density at radius 1 is 0.384 bits per heavy atom. The second-order valence-electron chi connectivity index (χ2n) is 22.4. The van der Waals surface area contributed by atoms with E-state index in [-0.39, 0.29) is 10.8 Å². The third kappa shape index (κ3) is 6.16. The summed E-state index contributed by atoms with van der Waals surface area (Å²) in [6.07, 6.45) is 0. The molecule has 0 saturated heterocycles. The van der Waals surface area contributed by atoms with Crippen LogP contribution in [0.4, 0.5) is 17.1 Å². The van der Waals surface area contributed by atoms with Crippen molar-refractivity contribution in [3.05, 3.63) is 280 Å². The standard InChI is InChI=1S/C70H55NOS/c1-67(2,3)46-35-39-62-58(41-46)70(59-42-47(68(4,5)6)36-40-63(59)72-62)55-30-17-14-27-53(55)65-56(70)31-20-32-60(65)71(61-33-19-28-52-51-26-15-18-34-64(51)73-66(52)61)48-37-38-50-49-25-13-16-29-54(49)69(57(50)43-48,44-21-9-7-10-22-44)45-23-11-8-12-24-45/h7-43H,1-6H3. The molecule has 0 fully saturated rings. The monoisotopic (exact) mass is 957 g/mol. The van der Waals surface area contributed by atoms with E-state index in [9.17, 15) is 0 Å². The van der Waals surface area contributed by atoms with Gasteiger partial charge in [0.1, 0.15) is 11.5 Å². The van der Waals surface area contributed by atoms with Gasteiger partial charge in [-0.2, -0.15) is 0 Å². The summed E-state index contributed by atoms with van der Waals surface area (Å²) in [7, 11) is 0. The highest BCUT2D eigenvalue weighted by Gasteiger charge is 2.53. The van der Waals surface area contributed by atoms with Crippen molar-refractivity contribution in [3.8, 4) is 33.8 Å². The Morgan fingerprint density at radius 2 is 0.904 bits per heavy atom. The van der Waals surface area contributed by atoms with Gasteiger partial charge in [0.05, 0.1) is 26.9 Å². The molecule has 73 heavy (non-hydrogen) atoms. The second-order valence-corrected chi connectivity index (χ2v) is 23.4. The minimum absolute atomic E-state index is 0.0891. The Labute approximate surface area is 432 Å². The lowest BCUT2D eigenvalue weighted by molar-refractivity contribution is 0.433. The van der Waals surface area contributed by atoms with Crippen LogP contribution in [0, 0.1) is 0 Å². The van der Waals surface area contributed by atoms with Gasteiger partial charge >= 0.3 is 0 Å². The molecule has 0 N–H and O–H groups in total. The van der Waals surface area contributed by atoms with Crippen LogP contribution in [-0.2, 0) is 21.7 Å². The fourth-order valence-electron chi connectivity index (χ4n) is 13.0. The molecule has 11 aromatic rings. The van der Waals surface area contributed by atoms with Crippen molar-refractivity contribution in [2.24, 2.45) is 0 Å². The Morgan fingerprint density at radius 3 is 1.56 bits per heavy atom. The van der Waals surface area contributed by atoms with E-state index in [4.69, 9.17) is 4.74 Å². The Kier molecular flexibility index (Phi) is 9.45. The van der Waals surface area contributed by atoms with Gasteiger partial charge in [-0.15, -0.1) is 11.3 Å². The molecule has 0 unspecified atom stereocenters. The summed E-state index contributed by atoms with van der Waals surface area (Å²) < 4.78 is 9.62. The number of rotatable bonds is 5. The van der Waals surface area contributed by atoms with E-state index in [2.05, 4.69) is 271 Å². The molecule has 14 rings (SSSR count). The summed E-state index contributed by atoms with van der Waals surface area (Å²) in [6.45, 7) is 13.9. The van der Waals surface area contributed by atoms with Gasteiger partial charge < -0.3 is 9.64 Å². The van der Waals surface area contributed by atoms with E-state index in [1.165, 1.54) is 98.1 Å². The molecule has 2 aliphatic carbocycles. The van der Waals surface area contributed by atoms with Crippen molar-refractivity contribution in [1.29, 1.82) is 0 Å². The van der Waals surface area contributed by atoms with Gasteiger partial charge in [-0.3, -0.25) is 0 Å². The highest BCUT2D eigenvalue weighted by molar-refractivity contribution is 7.26. The van der Waals surface area contributed by atoms with Crippen LogP contribution in [0.3, 0.4) is 0 Å². The van der Waals surface area contributed by atoms with Crippen molar-refractivity contribution in [1.82, 2.24) is 0 Å². The number of hydrogen-bond acceptors (Lipinski definition) is 3. The highest BCUT2D eigenvalue weighted by atomic mass is 32.1. The predicted octanol–water partition coefficient (Wildman–Crippen LogP) is 19.0. The molecule has 1 spiro atoms. The molecule has 0 amide bonds. The maximum atomic E-state index is 7.08. The number of nitrogens with zero attached hydrogens (tertiary/aromatic N) is 1. The summed E-state index contributed by atoms with van der Waals surface area (Å²) >= 11 is 1.89. The van der Waals surface area contributed by atoms with Crippen LogP contribution in [0.2, 0.25) is 0 Å². The zero-order chi connectivity index (χ0) is 49.4. The first-order valence-corrected chi connectivity index (χ1v) is 26.6. The van der Waals surface area contributed by atoms with Gasteiger partial charge in [-0.25, -0.2) is 0 Å². The molecule has 0 radical (unpaired) electrons. The number of benzene rings is 10. The quantitative estimate of drug-likeness (QED) is 0.170. The smallest absolute Gasteiger partial charge is 0.132 e. The molecule has 1 aromatic heterocycles. The summed E-state index contributed by atoms with van der Waals surface area (Å²) in [5, 5.41) is 2.55. The van der Waals surface area contributed by atoms with E-state index in [0.717, 1.165) is 28.6 Å². The average molecular weight is 958 g/mol. The Balaban J connectivity index is 1.11. The van der Waals surface area contributed by atoms with Gasteiger partial charge in [0.15, 0.2) is 0 Å². The molecular formula is C70H55NOS. The van der Waals surface area contributed by atoms with Crippen LogP contribution in [0.15, 0.2) is 224 Å². The third-order valence-electron chi connectivity index (χ3n) is 16.3. The van der Waals surface area contributed by atoms with Crippen LogP contribution >= 0.6 is 11.3 Å². The van der Waals surface area contributed by atoms with Crippen LogP contribution < -0.4 is 9.64 Å². The van der Waals surface area contributed by atoms with Crippen molar-refractivity contribution >= 4 is 48.6 Å². The van der Waals surface area contributed by atoms with Crippen molar-refractivity contribution < 1.29 is 4.74 Å². The normalized spacial score (nSPS) is 14.5. The zero-order valence-corrected chi connectivity index (χ0v) is 42.9. The summed E-state index contributed by atoms with van der Waals surface area (Å²) in [5.41, 5.74) is 19.5. The van der Waals surface area contributed by atoms with E-state index < -0.39 is 10.8 Å². The number of thiophene rings is 1. The molecule has 2 nitrogen and oxygen atoms in total. The van der Waals surface area contributed by atoms with E-state index in [1.807, 2.05) is 11.3 Å². The predicted molar refractivity (Wildman–Crippen MR) is 306 cm³/mol. The average Bonchev–Trinajstić information content (AvgIpc) is 4.04. The van der Waals surface area contributed by atoms with Gasteiger partial charge in [0.2, 0.25) is 0 Å². The zero-order valence-electron chi connectivity index (χ0n) is 42.1. The maximum Gasteiger partial charge on any atom is 0.132 e. The van der Waals surface area contributed by atoms with Crippen LogP contribution in [0.5, 0.6) is 11.5 Å². The van der Waals surface area contributed by atoms with Crippen LogP contribution in [0.25, 0.3) is 42.4 Å². The fraction of sp³-hybridized carbons (Fsp3) is 0.143. The van der Waals surface area contributed by atoms with Crippen LogP contribution in [0.1, 0.15) is 97.2 Å². The molecule has 2 heterocycles. The van der Waals surface area contributed by atoms with Crippen molar-refractivity contribution in [2.75, 3.05) is 4.90 Å². The summed E-state index contributed by atoms with van der Waals surface area (Å²) in [5.74, 6) is 1.81. The first-order chi connectivity index (χ1) is 35.5. The van der Waals surface area contributed by atoms with E-state index in [0.29, 0.717) is 0 Å². The first kappa shape index (κ1) is 43.8. The third-order valence-corrected chi connectivity index (χ3v) is 17.5. The lowest BCUT2D eigenvalue weighted by Gasteiger charge is -2.41. The number of ether oxygens (including phenoxy) is 1. The van der Waals surface area contributed by atoms with Crippen LogP contribution in [-0.4, -0.2) is 0 Å². The number of anilines is 3. The summed E-state index contributed by atoms with van der Waals surface area (Å²) in [4.78, 5) is 2.61. The largest absolute Gasteiger partial charge is 0.457 e. The highest BCUT2D eigenvalue weighted by Crippen LogP contribution is 2.66. The number of hydrogen-bond donors (Lipinski definition) is 0. The maximum absolute atomic E-state index is 7.08. The lowest BCUT2D eigenvalue weighted by Crippen LogP contribution is -2.33. The molecule has 1 aliphatic heterocycles. The van der Waals surface area contributed by atoms with Crippen molar-refractivity contribution in [2.45, 2.75) is 63.2 Å². The molecule has 10 aromatic carbocycles. The van der Waals surface area contributed by atoms with Gasteiger partial charge in [-0.1, -0.05) is 211 Å². The van der Waals surface area contributed by atoms with Crippen molar-refractivity contribution in [3.63, 3.8) is 0 Å². The SMILES string of the molecule is CC(C)(C)c1ccc2c(c1)C1(c3cc(C(C)(C)C)ccc3O2)c2ccccc2-c2c(N(c3ccc4c(c3)C(c3ccccc3)(c3ccccc3)c3ccccc3-4)c3cccc4c3sc3ccccc34)cccc21. The second kappa shape index (κ2) is 15.8. The topological polar surface area (TPSA) is 12.5 Å². The molecular weight excluding hydrogens is 903 g/mol. The van der Waals surface area contributed by atoms with E-state index >= 15 is 0 Å². The molecule has 0 atom stereocenters. The molecule has 352 valence electrons. The van der Waals surface area contributed by atoms with E-state index in [1.54, 1.807) is 0 Å². The number of fused-ring (bicyclic) bond motifs is 15. The molecule has 3 heteroatoms. The van der Waals surface area contributed by atoms with Gasteiger partial charge in [0.25, 0.3) is 0 Å². The minimum atomic E-state index is -0.683.